The molecule has 1 aromatic rings. The van der Waals surface area contributed by atoms with Crippen molar-refractivity contribution in [1.29, 1.82) is 0 Å². The molecule has 84 valence electrons. The molecule has 0 saturated carbocycles. The molecule has 0 radical (unpaired) electrons. The predicted octanol–water partition coefficient (Wildman–Crippen LogP) is 3.05. The molecule has 16 heavy (non-hydrogen) atoms. The van der Waals surface area contributed by atoms with Crippen LogP contribution in [0.3, 0.4) is 0 Å². The van der Waals surface area contributed by atoms with Crippen LogP contribution in [0.4, 0.5) is 0 Å². The zero-order valence-electron chi connectivity index (χ0n) is 8.54. The lowest BCUT2D eigenvalue weighted by atomic mass is 10.1. The Morgan fingerprint density at radius 1 is 1.44 bits per heavy atom. The molecule has 1 atom stereocenters. The first kappa shape index (κ1) is 11.4. The van der Waals surface area contributed by atoms with Gasteiger partial charge in [-0.15, -0.1) is 0 Å². The summed E-state index contributed by atoms with van der Waals surface area (Å²) in [6.07, 6.45) is 0. The third-order valence-corrected chi connectivity index (χ3v) is 2.88. The number of hydrogen-bond acceptors (Lipinski definition) is 3. The van der Waals surface area contributed by atoms with Gasteiger partial charge < -0.3 is 4.74 Å². The van der Waals surface area contributed by atoms with Crippen LogP contribution in [-0.4, -0.2) is 18.3 Å². The molecule has 0 fully saturated rings. The van der Waals surface area contributed by atoms with Crippen LogP contribution in [0.1, 0.15) is 18.5 Å². The quantitative estimate of drug-likeness (QED) is 0.781. The Bertz CT molecular complexity index is 451. The van der Waals surface area contributed by atoms with Gasteiger partial charge in [0.25, 0.3) is 0 Å². The number of ether oxygens (including phenoxy) is 1. The summed E-state index contributed by atoms with van der Waals surface area (Å²) < 4.78 is 4.84. The second kappa shape index (κ2) is 4.44. The van der Waals surface area contributed by atoms with E-state index < -0.39 is 5.97 Å². The highest BCUT2D eigenvalue weighted by Crippen LogP contribution is 2.40. The van der Waals surface area contributed by atoms with Crippen molar-refractivity contribution in [2.24, 2.45) is 4.99 Å². The molecule has 1 aliphatic heterocycles. The smallest absolute Gasteiger partial charge is 0.354 e. The number of nitrogens with zero attached hydrogens (tertiary/aromatic N) is 1. The van der Waals surface area contributed by atoms with Crippen LogP contribution in [0.15, 0.2) is 23.2 Å². The van der Waals surface area contributed by atoms with Gasteiger partial charge >= 0.3 is 5.97 Å². The van der Waals surface area contributed by atoms with E-state index in [1.54, 1.807) is 25.1 Å². The monoisotopic (exact) mass is 257 g/mol. The summed E-state index contributed by atoms with van der Waals surface area (Å²) in [5.41, 5.74) is 1.06. The third-order valence-electron chi connectivity index (χ3n) is 2.22. The summed E-state index contributed by atoms with van der Waals surface area (Å²) in [6.45, 7) is 2.08. The fourth-order valence-corrected chi connectivity index (χ4v) is 2.05. The lowest BCUT2D eigenvalue weighted by molar-refractivity contribution is -0.134. The highest BCUT2D eigenvalue weighted by atomic mass is 35.5. The van der Waals surface area contributed by atoms with Crippen molar-refractivity contribution in [3.63, 3.8) is 0 Å². The van der Waals surface area contributed by atoms with Crippen molar-refractivity contribution in [2.45, 2.75) is 13.0 Å². The van der Waals surface area contributed by atoms with Gasteiger partial charge in [-0.2, -0.15) is 0 Å². The maximum atomic E-state index is 11.4. The minimum absolute atomic E-state index is 0.333. The Hall–Kier alpha value is -1.06. The SMILES string of the molecule is CCOC(=O)C1=NC1c1c(Cl)cccc1Cl. The van der Waals surface area contributed by atoms with Gasteiger partial charge in [0.1, 0.15) is 6.04 Å². The maximum Gasteiger partial charge on any atom is 0.354 e. The number of halogens is 2. The van der Waals surface area contributed by atoms with Crippen LogP contribution >= 0.6 is 23.2 Å². The molecular formula is C11H9Cl2NO2. The van der Waals surface area contributed by atoms with Crippen LogP contribution in [0.5, 0.6) is 0 Å². The molecule has 0 N–H and O–H groups in total. The van der Waals surface area contributed by atoms with E-state index in [-0.39, 0.29) is 6.04 Å². The normalized spacial score (nSPS) is 17.9. The maximum absolute atomic E-state index is 11.4. The number of carbonyl (C=O) groups excluding carboxylic acids is 1. The number of benzene rings is 1. The lowest BCUT2D eigenvalue weighted by Crippen LogP contribution is -2.11. The topological polar surface area (TPSA) is 38.7 Å². The van der Waals surface area contributed by atoms with Gasteiger partial charge in [-0.3, -0.25) is 4.99 Å². The van der Waals surface area contributed by atoms with E-state index >= 15 is 0 Å². The Morgan fingerprint density at radius 3 is 2.62 bits per heavy atom. The average molecular weight is 258 g/mol. The molecule has 1 heterocycles. The number of esters is 1. The number of hydrogen-bond donors (Lipinski definition) is 0. The lowest BCUT2D eigenvalue weighted by Gasteiger charge is -2.04. The molecule has 0 amide bonds. The highest BCUT2D eigenvalue weighted by molar-refractivity contribution is 6.46. The molecule has 0 spiro atoms. The van der Waals surface area contributed by atoms with Gasteiger partial charge in [-0.25, -0.2) is 4.79 Å². The fraction of sp³-hybridized carbons (Fsp3) is 0.273. The first-order chi connectivity index (χ1) is 7.65. The first-order valence-electron chi connectivity index (χ1n) is 4.84. The summed E-state index contributed by atoms with van der Waals surface area (Å²) in [7, 11) is 0. The van der Waals surface area contributed by atoms with E-state index in [0.29, 0.717) is 27.9 Å². The van der Waals surface area contributed by atoms with Crippen molar-refractivity contribution in [3.05, 3.63) is 33.8 Å². The van der Waals surface area contributed by atoms with Crippen LogP contribution in [0, 0.1) is 0 Å². The molecule has 0 saturated heterocycles. The van der Waals surface area contributed by atoms with Gasteiger partial charge in [0.15, 0.2) is 5.71 Å². The molecule has 0 bridgehead atoms. The summed E-state index contributed by atoms with van der Waals surface area (Å²) in [5.74, 6) is -0.400. The molecule has 0 aliphatic carbocycles. The van der Waals surface area contributed by atoms with E-state index in [1.807, 2.05) is 0 Å². The van der Waals surface area contributed by atoms with Gasteiger partial charge in [-0.05, 0) is 19.1 Å². The van der Waals surface area contributed by atoms with Gasteiger partial charge in [0, 0.05) is 15.6 Å². The highest BCUT2D eigenvalue weighted by Gasteiger charge is 2.39. The van der Waals surface area contributed by atoms with Crippen molar-refractivity contribution in [3.8, 4) is 0 Å². The predicted molar refractivity (Wildman–Crippen MR) is 63.3 cm³/mol. The van der Waals surface area contributed by atoms with Crippen LogP contribution in [0.2, 0.25) is 10.0 Å². The van der Waals surface area contributed by atoms with Crippen molar-refractivity contribution >= 4 is 34.9 Å². The molecule has 5 heteroatoms. The number of aliphatic imine (C=N–C) groups is 1. The fourth-order valence-electron chi connectivity index (χ4n) is 1.44. The van der Waals surface area contributed by atoms with Gasteiger partial charge in [0.2, 0.25) is 0 Å². The largest absolute Gasteiger partial charge is 0.461 e. The zero-order chi connectivity index (χ0) is 11.7. The van der Waals surface area contributed by atoms with E-state index in [9.17, 15) is 4.79 Å². The Labute approximate surface area is 103 Å². The second-order valence-corrected chi connectivity index (χ2v) is 4.09. The number of rotatable bonds is 3. The van der Waals surface area contributed by atoms with E-state index in [0.717, 1.165) is 0 Å². The minimum atomic E-state index is -0.400. The summed E-state index contributed by atoms with van der Waals surface area (Å²) in [6, 6.07) is 4.86. The van der Waals surface area contributed by atoms with E-state index in [2.05, 4.69) is 4.99 Å². The molecule has 1 unspecified atom stereocenters. The van der Waals surface area contributed by atoms with E-state index in [1.165, 1.54) is 0 Å². The van der Waals surface area contributed by atoms with Crippen LogP contribution in [0.25, 0.3) is 0 Å². The van der Waals surface area contributed by atoms with Gasteiger partial charge in [-0.1, -0.05) is 29.3 Å². The summed E-state index contributed by atoms with van der Waals surface area (Å²) in [5, 5.41) is 1.03. The molecule has 1 aromatic carbocycles. The minimum Gasteiger partial charge on any atom is -0.461 e. The summed E-state index contributed by atoms with van der Waals surface area (Å²) in [4.78, 5) is 15.4. The second-order valence-electron chi connectivity index (χ2n) is 3.27. The third kappa shape index (κ3) is 2.06. The van der Waals surface area contributed by atoms with Crippen LogP contribution in [-0.2, 0) is 9.53 Å². The van der Waals surface area contributed by atoms with Crippen molar-refractivity contribution < 1.29 is 9.53 Å². The standard InChI is InChI=1S/C11H9Cl2NO2/c1-2-16-11(15)10-9(14-10)8-6(12)4-3-5-7(8)13/h3-5,9H,2H2,1H3. The Morgan fingerprint density at radius 2 is 2.06 bits per heavy atom. The van der Waals surface area contributed by atoms with Crippen molar-refractivity contribution in [1.82, 2.24) is 0 Å². The molecule has 3 nitrogen and oxygen atoms in total. The zero-order valence-corrected chi connectivity index (χ0v) is 10.0. The number of carbonyl (C=O) groups is 1. The molecule has 1 aliphatic rings. The summed E-state index contributed by atoms with van der Waals surface area (Å²) >= 11 is 12.0. The average Bonchev–Trinajstić information content (AvgIpc) is 2.98. The Balaban J connectivity index is 2.16. The first-order valence-corrected chi connectivity index (χ1v) is 5.59. The molecular weight excluding hydrogens is 249 g/mol. The van der Waals surface area contributed by atoms with Crippen LogP contribution < -0.4 is 0 Å². The van der Waals surface area contributed by atoms with Gasteiger partial charge in [0.05, 0.1) is 6.61 Å². The van der Waals surface area contributed by atoms with E-state index in [4.69, 9.17) is 27.9 Å². The molecule has 2 rings (SSSR count). The molecule has 0 aromatic heterocycles. The van der Waals surface area contributed by atoms with Crippen molar-refractivity contribution in [2.75, 3.05) is 6.61 Å². The Kier molecular flexibility index (Phi) is 3.17.